The van der Waals surface area contributed by atoms with Crippen molar-refractivity contribution in [3.05, 3.63) is 0 Å². The monoisotopic (exact) mass is 396 g/mol. The van der Waals surface area contributed by atoms with Gasteiger partial charge in [0.25, 0.3) is 0 Å². The molecule has 0 aromatic heterocycles. The van der Waals surface area contributed by atoms with E-state index in [1.165, 1.54) is 58.2 Å². The summed E-state index contributed by atoms with van der Waals surface area (Å²) in [6, 6.07) is 0. The lowest BCUT2D eigenvalue weighted by Crippen LogP contribution is -2.33. The highest BCUT2D eigenvalue weighted by Gasteiger charge is 2.08. The van der Waals surface area contributed by atoms with Crippen molar-refractivity contribution < 1.29 is 0 Å². The fourth-order valence-corrected chi connectivity index (χ4v) is 2.37. The van der Waals surface area contributed by atoms with Crippen LogP contribution in [0.4, 0.5) is 0 Å². The molecule has 0 bridgehead atoms. The van der Waals surface area contributed by atoms with E-state index in [4.69, 9.17) is 5.73 Å². The van der Waals surface area contributed by atoms with Crippen LogP contribution < -0.4 is 11.1 Å². The average molecular weight is 396 g/mol. The average Bonchev–Trinajstić information content (AvgIpc) is 2.41. The molecule has 0 aromatic rings. The number of aliphatic imine (C=N–C) groups is 1. The molecule has 0 amide bonds. The third-order valence-electron chi connectivity index (χ3n) is 3.53. The largest absolute Gasteiger partial charge is 0.370 e. The summed E-state index contributed by atoms with van der Waals surface area (Å²) in [7, 11) is 0. The highest BCUT2D eigenvalue weighted by atomic mass is 127. The second-order valence-corrected chi connectivity index (χ2v) is 6.01. The van der Waals surface area contributed by atoms with Crippen LogP contribution in [0.15, 0.2) is 4.99 Å². The zero-order valence-electron chi connectivity index (χ0n) is 13.2. The summed E-state index contributed by atoms with van der Waals surface area (Å²) < 4.78 is 0. The molecule has 0 spiro atoms. The lowest BCUT2D eigenvalue weighted by molar-refractivity contribution is 0.224. The van der Waals surface area contributed by atoms with E-state index in [2.05, 4.69) is 29.1 Å². The molecule has 1 aliphatic heterocycles. The Bertz CT molecular complexity index is 250. The van der Waals surface area contributed by atoms with Crippen molar-refractivity contribution in [3.63, 3.8) is 0 Å². The molecule has 1 fully saturated rings. The molecular weight excluding hydrogens is 363 g/mol. The molecule has 120 valence electrons. The number of rotatable bonds is 8. The zero-order chi connectivity index (χ0) is 13.9. The number of nitrogens with zero attached hydrogens (tertiary/aromatic N) is 2. The first-order valence-electron chi connectivity index (χ1n) is 7.94. The topological polar surface area (TPSA) is 53.6 Å². The van der Waals surface area contributed by atoms with Gasteiger partial charge in [-0.2, -0.15) is 0 Å². The standard InChI is InChI=1S/C15H32N4.HI/c1-14(2)13-18-15(16)17-9-5-3-6-10-19-11-7-4-8-12-19;/h14H,3-13H2,1-2H3,(H3,16,17,18);1H. The van der Waals surface area contributed by atoms with E-state index in [1.54, 1.807) is 0 Å². The Hall–Kier alpha value is -0.0400. The predicted octanol–water partition coefficient (Wildman–Crippen LogP) is 2.82. The van der Waals surface area contributed by atoms with Crippen molar-refractivity contribution in [1.82, 2.24) is 10.2 Å². The van der Waals surface area contributed by atoms with Crippen molar-refractivity contribution >= 4 is 29.9 Å². The van der Waals surface area contributed by atoms with Gasteiger partial charge >= 0.3 is 0 Å². The summed E-state index contributed by atoms with van der Waals surface area (Å²) in [5, 5.41) is 3.19. The summed E-state index contributed by atoms with van der Waals surface area (Å²) in [6.07, 6.45) is 7.99. The third kappa shape index (κ3) is 10.7. The fraction of sp³-hybridized carbons (Fsp3) is 0.933. The molecular formula is C15H33IN4. The Balaban J connectivity index is 0.00000361. The van der Waals surface area contributed by atoms with Crippen molar-refractivity contribution in [2.45, 2.75) is 52.4 Å². The number of unbranched alkanes of at least 4 members (excludes halogenated alkanes) is 2. The molecule has 5 heteroatoms. The lowest BCUT2D eigenvalue weighted by atomic mass is 10.1. The van der Waals surface area contributed by atoms with Gasteiger partial charge in [-0.1, -0.05) is 26.7 Å². The lowest BCUT2D eigenvalue weighted by Gasteiger charge is -2.26. The molecule has 3 N–H and O–H groups in total. The molecule has 0 radical (unpaired) electrons. The van der Waals surface area contributed by atoms with Crippen molar-refractivity contribution in [1.29, 1.82) is 0 Å². The molecule has 4 nitrogen and oxygen atoms in total. The second-order valence-electron chi connectivity index (χ2n) is 6.01. The first kappa shape index (κ1) is 20.0. The summed E-state index contributed by atoms with van der Waals surface area (Å²) in [5.74, 6) is 1.18. The highest BCUT2D eigenvalue weighted by molar-refractivity contribution is 14.0. The molecule has 0 unspecified atom stereocenters. The van der Waals surface area contributed by atoms with Crippen LogP contribution in [0.2, 0.25) is 0 Å². The van der Waals surface area contributed by atoms with E-state index in [-0.39, 0.29) is 24.0 Å². The van der Waals surface area contributed by atoms with Crippen LogP contribution in [0, 0.1) is 5.92 Å². The number of halogens is 1. The summed E-state index contributed by atoms with van der Waals surface area (Å²) >= 11 is 0. The van der Waals surface area contributed by atoms with Crippen LogP contribution in [0.25, 0.3) is 0 Å². The zero-order valence-corrected chi connectivity index (χ0v) is 15.6. The number of nitrogens with one attached hydrogen (secondary N) is 1. The quantitative estimate of drug-likeness (QED) is 0.287. The minimum absolute atomic E-state index is 0. The second kappa shape index (κ2) is 12.7. The maximum Gasteiger partial charge on any atom is 0.188 e. The van der Waals surface area contributed by atoms with Gasteiger partial charge in [-0.3, -0.25) is 4.99 Å². The van der Waals surface area contributed by atoms with E-state index in [0.29, 0.717) is 11.9 Å². The highest BCUT2D eigenvalue weighted by Crippen LogP contribution is 2.09. The molecule has 20 heavy (non-hydrogen) atoms. The van der Waals surface area contributed by atoms with Gasteiger partial charge in [0.15, 0.2) is 5.96 Å². The van der Waals surface area contributed by atoms with Crippen LogP contribution in [-0.4, -0.2) is 43.6 Å². The van der Waals surface area contributed by atoms with Crippen molar-refractivity contribution in [2.75, 3.05) is 32.7 Å². The van der Waals surface area contributed by atoms with Gasteiger partial charge in [-0.05, 0) is 51.2 Å². The van der Waals surface area contributed by atoms with E-state index in [0.717, 1.165) is 13.1 Å². The van der Waals surface area contributed by atoms with Crippen LogP contribution in [0.3, 0.4) is 0 Å². The van der Waals surface area contributed by atoms with Gasteiger partial charge < -0.3 is 16.0 Å². The SMILES string of the molecule is CC(C)CN=C(N)NCCCCCN1CCCCC1.I. The predicted molar refractivity (Wildman–Crippen MR) is 98.9 cm³/mol. The molecule has 1 aliphatic rings. The molecule has 0 aliphatic carbocycles. The van der Waals surface area contributed by atoms with E-state index < -0.39 is 0 Å². The van der Waals surface area contributed by atoms with Crippen LogP contribution in [0.1, 0.15) is 52.4 Å². The molecule has 0 aromatic carbocycles. The number of guanidine groups is 1. The van der Waals surface area contributed by atoms with E-state index in [1.807, 2.05) is 0 Å². The fourth-order valence-electron chi connectivity index (χ4n) is 2.37. The Morgan fingerprint density at radius 1 is 1.15 bits per heavy atom. The summed E-state index contributed by atoms with van der Waals surface area (Å²) in [6.45, 7) is 9.97. The smallest absolute Gasteiger partial charge is 0.188 e. The van der Waals surface area contributed by atoms with Crippen molar-refractivity contribution in [3.8, 4) is 0 Å². The molecule has 0 saturated carbocycles. The summed E-state index contributed by atoms with van der Waals surface area (Å²) in [5.41, 5.74) is 5.78. The van der Waals surface area contributed by atoms with E-state index in [9.17, 15) is 0 Å². The number of hydrogen-bond acceptors (Lipinski definition) is 2. The molecule has 1 heterocycles. The third-order valence-corrected chi connectivity index (χ3v) is 3.53. The molecule has 1 rings (SSSR count). The number of piperidine rings is 1. The van der Waals surface area contributed by atoms with Crippen molar-refractivity contribution in [2.24, 2.45) is 16.6 Å². The molecule has 0 atom stereocenters. The van der Waals surface area contributed by atoms with Gasteiger partial charge in [0, 0.05) is 13.1 Å². The number of nitrogens with two attached hydrogens (primary N) is 1. The minimum Gasteiger partial charge on any atom is -0.370 e. The summed E-state index contributed by atoms with van der Waals surface area (Å²) in [4.78, 5) is 6.90. The Labute approximate surface area is 142 Å². The molecule has 1 saturated heterocycles. The Morgan fingerprint density at radius 2 is 1.85 bits per heavy atom. The maximum absolute atomic E-state index is 5.78. The van der Waals surface area contributed by atoms with Gasteiger partial charge in [0.1, 0.15) is 0 Å². The first-order valence-corrected chi connectivity index (χ1v) is 7.94. The van der Waals surface area contributed by atoms with Crippen LogP contribution in [0.5, 0.6) is 0 Å². The van der Waals surface area contributed by atoms with Gasteiger partial charge in [-0.25, -0.2) is 0 Å². The van der Waals surface area contributed by atoms with E-state index >= 15 is 0 Å². The van der Waals surface area contributed by atoms with Gasteiger partial charge in [0.2, 0.25) is 0 Å². The number of likely N-dealkylation sites (tertiary alicyclic amines) is 1. The normalized spacial score (nSPS) is 17.1. The number of hydrogen-bond donors (Lipinski definition) is 2. The van der Waals surface area contributed by atoms with Crippen LogP contribution >= 0.6 is 24.0 Å². The van der Waals surface area contributed by atoms with Gasteiger partial charge in [-0.15, -0.1) is 24.0 Å². The van der Waals surface area contributed by atoms with Gasteiger partial charge in [0.05, 0.1) is 0 Å². The first-order chi connectivity index (χ1) is 9.18. The Morgan fingerprint density at radius 3 is 2.50 bits per heavy atom. The maximum atomic E-state index is 5.78. The Kier molecular flexibility index (Phi) is 12.7. The minimum atomic E-state index is 0. The van der Waals surface area contributed by atoms with Crippen LogP contribution in [-0.2, 0) is 0 Å².